The number of nitrogens with zero attached hydrogens (tertiary/aromatic N) is 2. The van der Waals surface area contributed by atoms with E-state index in [0.717, 1.165) is 51.9 Å². The molecular formula is C22H40N2O4. The van der Waals surface area contributed by atoms with Crippen LogP contribution < -0.4 is 0 Å². The lowest BCUT2D eigenvalue weighted by atomic mass is 9.80. The van der Waals surface area contributed by atoms with Gasteiger partial charge in [-0.25, -0.2) is 0 Å². The van der Waals surface area contributed by atoms with Gasteiger partial charge in [-0.05, 0) is 39.5 Å². The van der Waals surface area contributed by atoms with Crippen LogP contribution in [0, 0.1) is 11.8 Å². The molecular weight excluding hydrogens is 356 g/mol. The maximum Gasteiger partial charge on any atom is 0.224 e. The van der Waals surface area contributed by atoms with Gasteiger partial charge in [0.15, 0.2) is 0 Å². The summed E-state index contributed by atoms with van der Waals surface area (Å²) in [6, 6.07) is 0.581. The highest BCUT2D eigenvalue weighted by atomic mass is 16.5. The maximum atomic E-state index is 12.4. The molecule has 1 saturated carbocycles. The van der Waals surface area contributed by atoms with E-state index in [9.17, 15) is 9.59 Å². The topological polar surface area (TPSA) is 59.1 Å². The molecule has 2 aliphatic rings. The van der Waals surface area contributed by atoms with Crippen LogP contribution in [0.5, 0.6) is 0 Å². The highest BCUT2D eigenvalue weighted by Gasteiger charge is 2.32. The first-order chi connectivity index (χ1) is 13.4. The normalized spacial score (nSPS) is 24.1. The number of ether oxygens (including phenoxy) is 2. The molecule has 0 N–H and O–H groups in total. The van der Waals surface area contributed by atoms with E-state index < -0.39 is 0 Å². The summed E-state index contributed by atoms with van der Waals surface area (Å²) in [4.78, 5) is 29.1. The van der Waals surface area contributed by atoms with Gasteiger partial charge in [-0.15, -0.1) is 0 Å². The Kier molecular flexibility index (Phi) is 9.89. The molecule has 1 aliphatic carbocycles. The molecule has 0 aromatic rings. The lowest BCUT2D eigenvalue weighted by Gasteiger charge is -2.42. The molecule has 0 unspecified atom stereocenters. The fourth-order valence-electron chi connectivity index (χ4n) is 4.30. The number of carbonyl (C=O) groups excluding carboxylic acids is 2. The first kappa shape index (κ1) is 23.3. The molecule has 6 heteroatoms. The lowest BCUT2D eigenvalue weighted by Crippen LogP contribution is -2.52. The van der Waals surface area contributed by atoms with Crippen LogP contribution in [0.3, 0.4) is 0 Å². The van der Waals surface area contributed by atoms with E-state index in [1.165, 1.54) is 0 Å². The van der Waals surface area contributed by atoms with E-state index in [2.05, 4.69) is 4.90 Å². The zero-order valence-electron chi connectivity index (χ0n) is 18.3. The summed E-state index contributed by atoms with van der Waals surface area (Å²) in [5.74, 6) is 1.05. The molecule has 0 atom stereocenters. The number of carbonyl (C=O) groups is 2. The van der Waals surface area contributed by atoms with Crippen molar-refractivity contribution in [2.75, 3.05) is 46.0 Å². The largest absolute Gasteiger partial charge is 0.379 e. The molecule has 2 fully saturated rings. The highest BCUT2D eigenvalue weighted by Crippen LogP contribution is 2.30. The van der Waals surface area contributed by atoms with Crippen LogP contribution in [0.15, 0.2) is 0 Å². The molecule has 0 aromatic heterocycles. The average Bonchev–Trinajstić information content (AvgIpc) is 2.69. The van der Waals surface area contributed by atoms with Crippen molar-refractivity contribution in [1.29, 1.82) is 0 Å². The van der Waals surface area contributed by atoms with Gasteiger partial charge in [0.2, 0.25) is 5.91 Å². The van der Waals surface area contributed by atoms with Crippen molar-refractivity contribution in [1.82, 2.24) is 9.80 Å². The van der Waals surface area contributed by atoms with Crippen molar-refractivity contribution >= 4 is 11.7 Å². The second-order valence-electron chi connectivity index (χ2n) is 8.76. The Morgan fingerprint density at radius 1 is 0.893 bits per heavy atom. The van der Waals surface area contributed by atoms with Gasteiger partial charge in [0.25, 0.3) is 0 Å². The summed E-state index contributed by atoms with van der Waals surface area (Å²) >= 11 is 0. The van der Waals surface area contributed by atoms with Crippen molar-refractivity contribution in [3.63, 3.8) is 0 Å². The van der Waals surface area contributed by atoms with Gasteiger partial charge >= 0.3 is 0 Å². The SMILES string of the molecule is CC(C)OCCOCCC(=O)N1CCN(C2CCC(C(=O)C(C)C)CC2)CC1. The standard InChI is InChI=1S/C22H40N2O4/c1-17(2)22(26)19-5-7-20(8-6-19)23-10-12-24(13-11-23)21(25)9-14-27-15-16-28-18(3)4/h17-20H,5-16H2,1-4H3. The Morgan fingerprint density at radius 3 is 2.11 bits per heavy atom. The molecule has 1 saturated heterocycles. The van der Waals surface area contributed by atoms with E-state index >= 15 is 0 Å². The lowest BCUT2D eigenvalue weighted by molar-refractivity contribution is -0.135. The minimum absolute atomic E-state index is 0.155. The number of ketones is 1. The molecule has 0 bridgehead atoms. The van der Waals surface area contributed by atoms with E-state index in [1.54, 1.807) is 0 Å². The van der Waals surface area contributed by atoms with Crippen LogP contribution in [-0.4, -0.2) is 79.6 Å². The molecule has 0 aromatic carbocycles. The van der Waals surface area contributed by atoms with Crippen LogP contribution >= 0.6 is 0 Å². The van der Waals surface area contributed by atoms with Crippen LogP contribution in [-0.2, 0) is 19.1 Å². The van der Waals surface area contributed by atoms with Gasteiger partial charge in [-0.3, -0.25) is 14.5 Å². The van der Waals surface area contributed by atoms with Gasteiger partial charge in [-0.2, -0.15) is 0 Å². The summed E-state index contributed by atoms with van der Waals surface area (Å²) in [5.41, 5.74) is 0. The Labute approximate surface area is 170 Å². The minimum Gasteiger partial charge on any atom is -0.379 e. The Morgan fingerprint density at radius 2 is 1.54 bits per heavy atom. The molecule has 0 spiro atoms. The Bertz CT molecular complexity index is 479. The number of Topliss-reactive ketones (excluding diaryl/α,β-unsaturated/α-hetero) is 1. The zero-order valence-corrected chi connectivity index (χ0v) is 18.3. The molecule has 162 valence electrons. The number of hydrogen-bond donors (Lipinski definition) is 0. The summed E-state index contributed by atoms with van der Waals surface area (Å²) < 4.78 is 10.9. The van der Waals surface area contributed by atoms with Crippen molar-refractivity contribution in [2.45, 2.75) is 71.9 Å². The summed E-state index contributed by atoms with van der Waals surface area (Å²) in [6.45, 7) is 13.1. The fraction of sp³-hybridized carbons (Fsp3) is 0.909. The first-order valence-corrected chi connectivity index (χ1v) is 11.1. The minimum atomic E-state index is 0.155. The molecule has 1 heterocycles. The van der Waals surface area contributed by atoms with Crippen LogP contribution in [0.2, 0.25) is 0 Å². The quantitative estimate of drug-likeness (QED) is 0.532. The highest BCUT2D eigenvalue weighted by molar-refractivity contribution is 5.82. The molecule has 0 radical (unpaired) electrons. The summed E-state index contributed by atoms with van der Waals surface area (Å²) in [7, 11) is 0. The first-order valence-electron chi connectivity index (χ1n) is 11.1. The number of amides is 1. The van der Waals surface area contributed by atoms with Crippen LogP contribution in [0.4, 0.5) is 0 Å². The second-order valence-corrected chi connectivity index (χ2v) is 8.76. The Hall–Kier alpha value is -0.980. The van der Waals surface area contributed by atoms with Gasteiger partial charge in [0.1, 0.15) is 5.78 Å². The second kappa shape index (κ2) is 11.9. The van der Waals surface area contributed by atoms with Gasteiger partial charge in [0.05, 0.1) is 32.3 Å². The third-order valence-electron chi connectivity index (χ3n) is 5.99. The van der Waals surface area contributed by atoms with Gasteiger partial charge in [0, 0.05) is 44.1 Å². The monoisotopic (exact) mass is 396 g/mol. The number of piperazine rings is 1. The molecule has 2 rings (SSSR count). The molecule has 28 heavy (non-hydrogen) atoms. The molecule has 6 nitrogen and oxygen atoms in total. The fourth-order valence-corrected chi connectivity index (χ4v) is 4.30. The van der Waals surface area contributed by atoms with Crippen molar-refractivity contribution in [2.24, 2.45) is 11.8 Å². The van der Waals surface area contributed by atoms with Crippen molar-refractivity contribution in [3.8, 4) is 0 Å². The van der Waals surface area contributed by atoms with E-state index in [0.29, 0.717) is 38.1 Å². The zero-order chi connectivity index (χ0) is 20.5. The van der Waals surface area contributed by atoms with Crippen molar-refractivity contribution in [3.05, 3.63) is 0 Å². The summed E-state index contributed by atoms with van der Waals surface area (Å²) in [5, 5.41) is 0. The third-order valence-corrected chi connectivity index (χ3v) is 5.99. The van der Waals surface area contributed by atoms with E-state index in [-0.39, 0.29) is 23.8 Å². The predicted octanol–water partition coefficient (Wildman–Crippen LogP) is 2.75. The van der Waals surface area contributed by atoms with Gasteiger partial charge in [-0.1, -0.05) is 13.8 Å². The average molecular weight is 397 g/mol. The van der Waals surface area contributed by atoms with Crippen LogP contribution in [0.1, 0.15) is 59.8 Å². The van der Waals surface area contributed by atoms with E-state index in [4.69, 9.17) is 9.47 Å². The maximum absolute atomic E-state index is 12.4. The third kappa shape index (κ3) is 7.45. The van der Waals surface area contributed by atoms with Crippen LogP contribution in [0.25, 0.3) is 0 Å². The molecule has 1 amide bonds. The van der Waals surface area contributed by atoms with Crippen molar-refractivity contribution < 1.29 is 19.1 Å². The predicted molar refractivity (Wildman–Crippen MR) is 110 cm³/mol. The smallest absolute Gasteiger partial charge is 0.224 e. The number of hydrogen-bond acceptors (Lipinski definition) is 5. The number of rotatable bonds is 10. The summed E-state index contributed by atoms with van der Waals surface area (Å²) in [6.07, 6.45) is 4.95. The van der Waals surface area contributed by atoms with Gasteiger partial charge < -0.3 is 14.4 Å². The Balaban J connectivity index is 1.60. The van der Waals surface area contributed by atoms with E-state index in [1.807, 2.05) is 32.6 Å². The molecule has 1 aliphatic heterocycles.